The first kappa shape index (κ1) is 23.4. The first-order chi connectivity index (χ1) is 15.8. The van der Waals surface area contributed by atoms with Crippen molar-refractivity contribution < 1.29 is 14.4 Å². The quantitative estimate of drug-likeness (QED) is 0.705. The van der Waals surface area contributed by atoms with Crippen LogP contribution in [0.3, 0.4) is 0 Å². The zero-order valence-corrected chi connectivity index (χ0v) is 20.4. The monoisotopic (exact) mass is 487 g/mol. The summed E-state index contributed by atoms with van der Waals surface area (Å²) >= 11 is 8.01. The molecular weight excluding hydrogens is 462 g/mol. The van der Waals surface area contributed by atoms with Gasteiger partial charge in [-0.15, -0.1) is 0 Å². The van der Waals surface area contributed by atoms with Crippen molar-refractivity contribution in [2.24, 2.45) is 4.99 Å². The fourth-order valence-corrected chi connectivity index (χ4v) is 5.53. The predicted octanol–water partition coefficient (Wildman–Crippen LogP) is 2.74. The summed E-state index contributed by atoms with van der Waals surface area (Å²) in [6.45, 7) is 5.46. The molecule has 3 amide bonds. The number of hydrogen-bond acceptors (Lipinski definition) is 6. The lowest BCUT2D eigenvalue weighted by Crippen LogP contribution is -2.50. The largest absolute Gasteiger partial charge is 0.355 e. The highest BCUT2D eigenvalue weighted by atomic mass is 35.5. The first-order valence-electron chi connectivity index (χ1n) is 10.8. The normalized spacial score (nSPS) is 20.4. The van der Waals surface area contributed by atoms with Gasteiger partial charge in [-0.2, -0.15) is 0 Å². The molecule has 0 aromatic heterocycles. The van der Waals surface area contributed by atoms with Gasteiger partial charge in [0.05, 0.1) is 23.7 Å². The van der Waals surface area contributed by atoms with Gasteiger partial charge >= 0.3 is 0 Å². The Morgan fingerprint density at radius 1 is 1.15 bits per heavy atom. The average molecular weight is 488 g/mol. The lowest BCUT2D eigenvalue weighted by Gasteiger charge is -2.38. The molecule has 0 radical (unpaired) electrons. The lowest BCUT2D eigenvalue weighted by atomic mass is 9.93. The van der Waals surface area contributed by atoms with Crippen molar-refractivity contribution in [3.05, 3.63) is 57.2 Å². The van der Waals surface area contributed by atoms with Crippen LogP contribution in [0, 0.1) is 0 Å². The highest BCUT2D eigenvalue weighted by molar-refractivity contribution is 8.16. The van der Waals surface area contributed by atoms with Gasteiger partial charge in [-0.1, -0.05) is 41.6 Å². The van der Waals surface area contributed by atoms with E-state index in [2.05, 4.69) is 10.3 Å². The molecule has 3 heterocycles. The number of amidine groups is 1. The molecule has 1 fully saturated rings. The van der Waals surface area contributed by atoms with Gasteiger partial charge in [-0.05, 0) is 24.0 Å². The number of piperazine rings is 1. The Kier molecular flexibility index (Phi) is 6.81. The van der Waals surface area contributed by atoms with Crippen LogP contribution in [0.15, 0.2) is 51.6 Å². The van der Waals surface area contributed by atoms with Gasteiger partial charge in [0.25, 0.3) is 5.91 Å². The number of likely N-dealkylation sites (N-methyl/N-ethyl adjacent to an activating group) is 1. The topological polar surface area (TPSA) is 85.3 Å². The van der Waals surface area contributed by atoms with Gasteiger partial charge in [-0.3, -0.25) is 14.4 Å². The van der Waals surface area contributed by atoms with Gasteiger partial charge in [0.2, 0.25) is 11.8 Å². The number of thioether (sulfide) groups is 1. The SMILES string of the molecule is CNC(=O)C1=C(C)N=C2SC=C(CC(=O)N3CCN(C(C)=O)CC3)N2C1c1ccccc1Cl. The minimum atomic E-state index is -0.491. The number of benzene rings is 1. The molecule has 3 aliphatic heterocycles. The minimum Gasteiger partial charge on any atom is -0.355 e. The molecule has 33 heavy (non-hydrogen) atoms. The minimum absolute atomic E-state index is 0.0167. The fraction of sp³-hybridized carbons (Fsp3) is 0.391. The molecule has 4 rings (SSSR count). The second kappa shape index (κ2) is 9.61. The van der Waals surface area contributed by atoms with E-state index in [9.17, 15) is 14.4 Å². The zero-order valence-electron chi connectivity index (χ0n) is 18.8. The van der Waals surface area contributed by atoms with Crippen molar-refractivity contribution in [2.45, 2.75) is 26.3 Å². The number of rotatable bonds is 4. The summed E-state index contributed by atoms with van der Waals surface area (Å²) in [6.07, 6.45) is 0.174. The summed E-state index contributed by atoms with van der Waals surface area (Å²) in [5, 5.41) is 5.90. The Balaban J connectivity index is 1.62. The molecule has 1 atom stereocenters. The lowest BCUT2D eigenvalue weighted by molar-refractivity contribution is -0.138. The number of amides is 3. The maximum atomic E-state index is 13.1. The number of halogens is 1. The predicted molar refractivity (Wildman–Crippen MR) is 129 cm³/mol. The average Bonchev–Trinajstić information content (AvgIpc) is 3.20. The number of carbonyl (C=O) groups is 3. The van der Waals surface area contributed by atoms with E-state index in [1.54, 1.807) is 29.8 Å². The molecule has 1 aromatic carbocycles. The van der Waals surface area contributed by atoms with E-state index in [0.717, 1.165) is 11.3 Å². The number of fused-ring (bicyclic) bond motifs is 1. The number of nitrogens with zero attached hydrogens (tertiary/aromatic N) is 4. The molecule has 8 nitrogen and oxygen atoms in total. The van der Waals surface area contributed by atoms with Gasteiger partial charge in [-0.25, -0.2) is 4.99 Å². The Morgan fingerprint density at radius 2 is 1.82 bits per heavy atom. The van der Waals surface area contributed by atoms with Crippen LogP contribution in [0.25, 0.3) is 0 Å². The maximum Gasteiger partial charge on any atom is 0.251 e. The molecular formula is C23H26ClN5O3S. The van der Waals surface area contributed by atoms with Crippen molar-refractivity contribution in [2.75, 3.05) is 33.2 Å². The van der Waals surface area contributed by atoms with E-state index in [4.69, 9.17) is 11.6 Å². The molecule has 1 N–H and O–H groups in total. The third-order valence-corrected chi connectivity index (χ3v) is 7.32. The van der Waals surface area contributed by atoms with Crippen LogP contribution in [0.2, 0.25) is 5.02 Å². The summed E-state index contributed by atoms with van der Waals surface area (Å²) in [6, 6.07) is 6.94. The zero-order chi connectivity index (χ0) is 23.7. The molecule has 3 aliphatic rings. The first-order valence-corrected chi connectivity index (χ1v) is 12.0. The van der Waals surface area contributed by atoms with Gasteiger partial charge in [0.1, 0.15) is 0 Å². The van der Waals surface area contributed by atoms with Gasteiger partial charge in [0, 0.05) is 50.9 Å². The van der Waals surface area contributed by atoms with Gasteiger partial charge in [0.15, 0.2) is 5.17 Å². The van der Waals surface area contributed by atoms with Crippen molar-refractivity contribution >= 4 is 46.3 Å². The fourth-order valence-electron chi connectivity index (χ4n) is 4.32. The van der Waals surface area contributed by atoms with E-state index in [1.807, 2.05) is 35.4 Å². The van der Waals surface area contributed by atoms with Crippen LogP contribution in [0.1, 0.15) is 31.9 Å². The maximum absolute atomic E-state index is 13.1. The van der Waals surface area contributed by atoms with Crippen molar-refractivity contribution in [3.8, 4) is 0 Å². The molecule has 0 bridgehead atoms. The Bertz CT molecular complexity index is 1090. The van der Waals surface area contributed by atoms with Crippen molar-refractivity contribution in [1.29, 1.82) is 0 Å². The van der Waals surface area contributed by atoms with Crippen molar-refractivity contribution in [1.82, 2.24) is 20.0 Å². The molecule has 10 heteroatoms. The molecule has 0 spiro atoms. The highest BCUT2D eigenvalue weighted by Crippen LogP contribution is 2.46. The number of aliphatic imine (C=N–C) groups is 1. The Hall–Kier alpha value is -2.78. The standard InChI is InChI=1S/C23H26ClN5O3S/c1-14-20(22(32)25-3)21(17-6-4-5-7-18(17)24)29-16(13-33-23(29)26-14)12-19(31)28-10-8-27(9-11-28)15(2)30/h4-7,13,21H,8-12H2,1-3H3,(H,25,32). The molecule has 0 saturated carbocycles. The second-order valence-corrected chi connectivity index (χ2v) is 9.30. The molecule has 1 unspecified atom stereocenters. The third-order valence-electron chi connectivity index (χ3n) is 6.08. The van der Waals surface area contributed by atoms with E-state index in [0.29, 0.717) is 47.6 Å². The number of allylic oxidation sites excluding steroid dienone is 1. The van der Waals surface area contributed by atoms with Crippen LogP contribution in [-0.2, 0) is 14.4 Å². The summed E-state index contributed by atoms with van der Waals surface area (Å²) < 4.78 is 0. The Morgan fingerprint density at radius 3 is 2.45 bits per heavy atom. The van der Waals surface area contributed by atoms with E-state index < -0.39 is 6.04 Å². The number of carbonyl (C=O) groups excluding carboxylic acids is 3. The van der Waals surface area contributed by atoms with Crippen LogP contribution in [0.5, 0.6) is 0 Å². The number of hydrogen-bond donors (Lipinski definition) is 1. The van der Waals surface area contributed by atoms with Crippen LogP contribution < -0.4 is 5.32 Å². The number of nitrogens with one attached hydrogen (secondary N) is 1. The van der Waals surface area contributed by atoms with Crippen molar-refractivity contribution in [3.63, 3.8) is 0 Å². The van der Waals surface area contributed by atoms with Crippen LogP contribution in [-0.4, -0.2) is 70.8 Å². The Labute approximate surface area is 202 Å². The van der Waals surface area contributed by atoms with E-state index in [-0.39, 0.29) is 24.1 Å². The molecule has 1 aromatic rings. The van der Waals surface area contributed by atoms with E-state index in [1.165, 1.54) is 11.8 Å². The smallest absolute Gasteiger partial charge is 0.251 e. The van der Waals surface area contributed by atoms with Crippen LogP contribution in [0.4, 0.5) is 0 Å². The summed E-state index contributed by atoms with van der Waals surface area (Å²) in [7, 11) is 1.59. The van der Waals surface area contributed by atoms with Crippen LogP contribution >= 0.6 is 23.4 Å². The molecule has 0 aliphatic carbocycles. The molecule has 174 valence electrons. The summed E-state index contributed by atoms with van der Waals surface area (Å²) in [5.74, 6) is -0.224. The second-order valence-electron chi connectivity index (χ2n) is 8.06. The highest BCUT2D eigenvalue weighted by Gasteiger charge is 2.41. The molecule has 1 saturated heterocycles. The van der Waals surface area contributed by atoms with Gasteiger partial charge < -0.3 is 20.0 Å². The van der Waals surface area contributed by atoms with E-state index >= 15 is 0 Å². The summed E-state index contributed by atoms with van der Waals surface area (Å²) in [4.78, 5) is 47.8. The summed E-state index contributed by atoms with van der Waals surface area (Å²) in [5.41, 5.74) is 2.68. The third kappa shape index (κ3) is 4.52.